The van der Waals surface area contributed by atoms with Crippen molar-refractivity contribution in [3.05, 3.63) is 29.8 Å². The Hall–Kier alpha value is -2.08. The molecule has 0 radical (unpaired) electrons. The lowest BCUT2D eigenvalue weighted by molar-refractivity contribution is -0.141. The van der Waals surface area contributed by atoms with Crippen molar-refractivity contribution in [1.29, 1.82) is 0 Å². The van der Waals surface area contributed by atoms with Crippen molar-refractivity contribution in [3.63, 3.8) is 0 Å². The Kier molecular flexibility index (Phi) is 4.28. The minimum absolute atomic E-state index is 0.136. The number of aliphatic carboxylic acids is 1. The third-order valence-electron chi connectivity index (χ3n) is 2.33. The fourth-order valence-corrected chi connectivity index (χ4v) is 1.40. The number of benzene rings is 1. The number of aliphatic hydroxyl groups is 1. The van der Waals surface area contributed by atoms with Gasteiger partial charge in [-0.1, -0.05) is 0 Å². The summed E-state index contributed by atoms with van der Waals surface area (Å²) < 4.78 is 0. The number of amides is 1. The third kappa shape index (κ3) is 4.42. The monoisotopic (exact) mass is 252 g/mol. The molecule has 1 amide bonds. The molecule has 18 heavy (non-hydrogen) atoms. The van der Waals surface area contributed by atoms with E-state index in [2.05, 4.69) is 5.32 Å². The van der Waals surface area contributed by atoms with Crippen LogP contribution in [0.25, 0.3) is 0 Å². The Morgan fingerprint density at radius 3 is 2.39 bits per heavy atom. The molecule has 1 aromatic rings. The van der Waals surface area contributed by atoms with Gasteiger partial charge in [0.1, 0.15) is 0 Å². The number of nitrogens with two attached hydrogens (primary N) is 1. The van der Waals surface area contributed by atoms with Crippen LogP contribution in [0.3, 0.4) is 0 Å². The summed E-state index contributed by atoms with van der Waals surface area (Å²) in [7, 11) is 0. The fourth-order valence-electron chi connectivity index (χ4n) is 1.40. The fraction of sp³-hybridized carbons (Fsp3) is 0.333. The lowest BCUT2D eigenvalue weighted by atomic mass is 10.0. The molecule has 0 aromatic heterocycles. The van der Waals surface area contributed by atoms with Gasteiger partial charge in [-0.25, -0.2) is 0 Å². The molecule has 1 atom stereocenters. The number of nitrogen functional groups attached to an aromatic ring is 1. The van der Waals surface area contributed by atoms with Gasteiger partial charge in [0, 0.05) is 17.8 Å². The van der Waals surface area contributed by atoms with Crippen LogP contribution in [0.15, 0.2) is 24.3 Å². The number of anilines is 1. The number of nitrogens with one attached hydrogen (secondary N) is 1. The molecule has 0 saturated heterocycles. The summed E-state index contributed by atoms with van der Waals surface area (Å²) in [5.74, 6) is -1.51. The molecular formula is C12H16N2O4. The first-order valence-electron chi connectivity index (χ1n) is 5.38. The number of hydrogen-bond acceptors (Lipinski definition) is 4. The maximum atomic E-state index is 11.7. The second-order valence-electron chi connectivity index (χ2n) is 4.37. The van der Waals surface area contributed by atoms with Crippen molar-refractivity contribution >= 4 is 17.6 Å². The van der Waals surface area contributed by atoms with E-state index in [-0.39, 0.29) is 12.5 Å². The van der Waals surface area contributed by atoms with Crippen molar-refractivity contribution in [2.24, 2.45) is 0 Å². The van der Waals surface area contributed by atoms with Crippen LogP contribution in [-0.4, -0.2) is 34.2 Å². The van der Waals surface area contributed by atoms with Crippen LogP contribution in [0.2, 0.25) is 0 Å². The normalized spacial score (nSPS) is 13.7. The number of rotatable bonds is 5. The average molecular weight is 252 g/mol. The molecule has 98 valence electrons. The van der Waals surface area contributed by atoms with Crippen molar-refractivity contribution in [3.8, 4) is 0 Å². The summed E-state index contributed by atoms with van der Waals surface area (Å²) in [6, 6.07) is 6.28. The Balaban J connectivity index is 2.55. The van der Waals surface area contributed by atoms with Crippen LogP contribution >= 0.6 is 0 Å². The van der Waals surface area contributed by atoms with Crippen molar-refractivity contribution < 1.29 is 19.8 Å². The van der Waals surface area contributed by atoms with E-state index in [1.807, 2.05) is 0 Å². The molecule has 6 nitrogen and oxygen atoms in total. The second-order valence-corrected chi connectivity index (χ2v) is 4.37. The van der Waals surface area contributed by atoms with Crippen LogP contribution in [0.5, 0.6) is 0 Å². The minimum Gasteiger partial charge on any atom is -0.481 e. The number of carboxylic acids is 1. The smallest absolute Gasteiger partial charge is 0.306 e. The highest BCUT2D eigenvalue weighted by Crippen LogP contribution is 2.09. The van der Waals surface area contributed by atoms with Crippen LogP contribution < -0.4 is 11.1 Å². The van der Waals surface area contributed by atoms with Gasteiger partial charge >= 0.3 is 5.97 Å². The topological polar surface area (TPSA) is 113 Å². The van der Waals surface area contributed by atoms with E-state index in [1.54, 1.807) is 24.3 Å². The second kappa shape index (κ2) is 5.50. The Morgan fingerprint density at radius 2 is 1.89 bits per heavy atom. The van der Waals surface area contributed by atoms with Crippen LogP contribution in [-0.2, 0) is 4.79 Å². The maximum absolute atomic E-state index is 11.7. The summed E-state index contributed by atoms with van der Waals surface area (Å²) in [6.45, 7) is 1.22. The van der Waals surface area contributed by atoms with Gasteiger partial charge in [-0.3, -0.25) is 9.59 Å². The van der Waals surface area contributed by atoms with Gasteiger partial charge in [0.25, 0.3) is 5.91 Å². The first kappa shape index (κ1) is 14.0. The lowest BCUT2D eigenvalue weighted by Crippen LogP contribution is -2.42. The number of carbonyl (C=O) groups is 2. The van der Waals surface area contributed by atoms with E-state index in [4.69, 9.17) is 10.8 Å². The van der Waals surface area contributed by atoms with Gasteiger partial charge in [0.15, 0.2) is 0 Å². The Bertz CT molecular complexity index is 440. The molecule has 1 unspecified atom stereocenters. The molecule has 0 heterocycles. The largest absolute Gasteiger partial charge is 0.481 e. The molecule has 0 spiro atoms. The Morgan fingerprint density at radius 1 is 1.33 bits per heavy atom. The van der Waals surface area contributed by atoms with E-state index in [1.165, 1.54) is 6.92 Å². The summed E-state index contributed by atoms with van der Waals surface area (Å²) in [6.07, 6.45) is -0.435. The molecule has 0 aliphatic heterocycles. The number of carboxylic acid groups (broad SMARTS) is 1. The summed E-state index contributed by atoms with van der Waals surface area (Å²) >= 11 is 0. The van der Waals surface area contributed by atoms with E-state index in [0.717, 1.165) is 0 Å². The average Bonchev–Trinajstić information content (AvgIpc) is 2.25. The van der Waals surface area contributed by atoms with E-state index >= 15 is 0 Å². The predicted molar refractivity (Wildman–Crippen MR) is 66.1 cm³/mol. The zero-order valence-electron chi connectivity index (χ0n) is 10.0. The summed E-state index contributed by atoms with van der Waals surface area (Å²) in [5, 5.41) is 20.8. The highest BCUT2D eigenvalue weighted by molar-refractivity contribution is 5.94. The highest BCUT2D eigenvalue weighted by Gasteiger charge is 2.24. The molecule has 1 aromatic carbocycles. The first-order chi connectivity index (χ1) is 8.30. The summed E-state index contributed by atoms with van der Waals surface area (Å²) in [4.78, 5) is 22.2. The van der Waals surface area contributed by atoms with E-state index < -0.39 is 18.0 Å². The summed E-state index contributed by atoms with van der Waals surface area (Å²) in [5.41, 5.74) is 4.96. The van der Waals surface area contributed by atoms with Gasteiger partial charge in [0.2, 0.25) is 0 Å². The highest BCUT2D eigenvalue weighted by atomic mass is 16.4. The molecular weight excluding hydrogens is 236 g/mol. The van der Waals surface area contributed by atoms with E-state index in [9.17, 15) is 14.7 Å². The van der Waals surface area contributed by atoms with Crippen LogP contribution in [0.4, 0.5) is 5.69 Å². The first-order valence-corrected chi connectivity index (χ1v) is 5.38. The quantitative estimate of drug-likeness (QED) is 0.560. The molecule has 5 N–H and O–H groups in total. The minimum atomic E-state index is -1.48. The standard InChI is InChI=1S/C12H16N2O4/c1-12(18,6-10(15)16)7-14-11(17)8-2-4-9(13)5-3-8/h2-5,18H,6-7,13H2,1H3,(H,14,17)(H,15,16). The molecule has 0 fully saturated rings. The van der Waals surface area contributed by atoms with Gasteiger partial charge in [-0.15, -0.1) is 0 Å². The third-order valence-corrected chi connectivity index (χ3v) is 2.33. The van der Waals surface area contributed by atoms with Crippen molar-refractivity contribution in [1.82, 2.24) is 5.32 Å². The molecule has 0 saturated carbocycles. The SMILES string of the molecule is CC(O)(CNC(=O)c1ccc(N)cc1)CC(=O)O. The van der Waals surface area contributed by atoms with Gasteiger partial charge in [-0.2, -0.15) is 0 Å². The lowest BCUT2D eigenvalue weighted by Gasteiger charge is -2.21. The molecule has 0 aliphatic carbocycles. The predicted octanol–water partition coefficient (Wildman–Crippen LogP) is 0.224. The van der Waals surface area contributed by atoms with Gasteiger partial charge < -0.3 is 21.3 Å². The Labute approximate surface area is 104 Å². The van der Waals surface area contributed by atoms with Gasteiger partial charge in [-0.05, 0) is 31.2 Å². The zero-order valence-corrected chi connectivity index (χ0v) is 10.0. The molecule has 0 aliphatic rings. The number of hydrogen-bond donors (Lipinski definition) is 4. The van der Waals surface area contributed by atoms with Crippen molar-refractivity contribution in [2.45, 2.75) is 18.9 Å². The number of carbonyl (C=O) groups excluding carboxylic acids is 1. The van der Waals surface area contributed by atoms with Crippen molar-refractivity contribution in [2.75, 3.05) is 12.3 Å². The van der Waals surface area contributed by atoms with Crippen LogP contribution in [0, 0.1) is 0 Å². The zero-order chi connectivity index (χ0) is 13.8. The van der Waals surface area contributed by atoms with E-state index in [0.29, 0.717) is 11.3 Å². The maximum Gasteiger partial charge on any atom is 0.306 e. The molecule has 0 bridgehead atoms. The molecule has 6 heteroatoms. The van der Waals surface area contributed by atoms with Crippen LogP contribution in [0.1, 0.15) is 23.7 Å². The van der Waals surface area contributed by atoms with Gasteiger partial charge in [0.05, 0.1) is 12.0 Å². The molecule has 1 rings (SSSR count).